The van der Waals surface area contributed by atoms with E-state index in [0.717, 1.165) is 21.6 Å². The SMILES string of the molecule is O=Cc1ccc(Sc2ccc(Cl)cc2Cl)c(/C=C/C(=O)N2CCOCC2)c1. The first-order valence-electron chi connectivity index (χ1n) is 8.33. The molecule has 0 atom stereocenters. The first kappa shape index (κ1) is 20.0. The molecule has 1 saturated heterocycles. The van der Waals surface area contributed by atoms with Crippen molar-refractivity contribution in [1.82, 2.24) is 4.90 Å². The Morgan fingerprint density at radius 2 is 1.81 bits per heavy atom. The van der Waals surface area contributed by atoms with Gasteiger partial charge in [-0.15, -0.1) is 0 Å². The van der Waals surface area contributed by atoms with Crippen LogP contribution in [0.4, 0.5) is 0 Å². The lowest BCUT2D eigenvalue weighted by Crippen LogP contribution is -2.39. The van der Waals surface area contributed by atoms with Crippen molar-refractivity contribution < 1.29 is 14.3 Å². The maximum atomic E-state index is 12.4. The van der Waals surface area contributed by atoms with Crippen LogP contribution >= 0.6 is 35.0 Å². The number of benzene rings is 2. The fraction of sp³-hybridized carbons (Fsp3) is 0.200. The fourth-order valence-corrected chi connectivity index (χ4v) is 4.02. The van der Waals surface area contributed by atoms with Crippen LogP contribution in [0.2, 0.25) is 10.0 Å². The fourth-order valence-electron chi connectivity index (χ4n) is 2.59. The predicted octanol–water partition coefficient (Wildman–Crippen LogP) is 4.83. The maximum absolute atomic E-state index is 12.4. The molecule has 2 aromatic rings. The van der Waals surface area contributed by atoms with Gasteiger partial charge in [0.1, 0.15) is 6.29 Å². The number of amides is 1. The summed E-state index contributed by atoms with van der Waals surface area (Å²) in [6, 6.07) is 10.6. The zero-order chi connectivity index (χ0) is 19.2. The monoisotopic (exact) mass is 421 g/mol. The van der Waals surface area contributed by atoms with Gasteiger partial charge in [0.25, 0.3) is 0 Å². The summed E-state index contributed by atoms with van der Waals surface area (Å²) in [5.74, 6) is -0.0738. The van der Waals surface area contributed by atoms with E-state index in [1.165, 1.54) is 17.8 Å². The van der Waals surface area contributed by atoms with E-state index in [1.807, 2.05) is 12.1 Å². The Morgan fingerprint density at radius 3 is 2.52 bits per heavy atom. The third-order valence-corrected chi connectivity index (χ3v) is 5.84. The lowest BCUT2D eigenvalue weighted by atomic mass is 10.1. The molecule has 0 aliphatic carbocycles. The minimum absolute atomic E-state index is 0.0738. The van der Waals surface area contributed by atoms with E-state index < -0.39 is 0 Å². The molecule has 3 rings (SSSR count). The molecule has 1 heterocycles. The van der Waals surface area contributed by atoms with Crippen LogP contribution in [-0.2, 0) is 9.53 Å². The number of hydrogen-bond donors (Lipinski definition) is 0. The molecule has 4 nitrogen and oxygen atoms in total. The number of halogens is 2. The van der Waals surface area contributed by atoms with E-state index in [1.54, 1.807) is 35.2 Å². The predicted molar refractivity (Wildman–Crippen MR) is 109 cm³/mol. The second-order valence-corrected chi connectivity index (χ2v) is 7.79. The number of carbonyl (C=O) groups excluding carboxylic acids is 2. The third kappa shape index (κ3) is 5.36. The molecular weight excluding hydrogens is 405 g/mol. The Bertz CT molecular complexity index is 880. The first-order valence-corrected chi connectivity index (χ1v) is 9.91. The van der Waals surface area contributed by atoms with Crippen molar-refractivity contribution in [1.29, 1.82) is 0 Å². The van der Waals surface area contributed by atoms with Gasteiger partial charge in [-0.25, -0.2) is 0 Å². The van der Waals surface area contributed by atoms with Crippen LogP contribution in [0, 0.1) is 0 Å². The van der Waals surface area contributed by atoms with Gasteiger partial charge in [-0.05, 0) is 42.0 Å². The van der Waals surface area contributed by atoms with Gasteiger partial charge in [-0.3, -0.25) is 9.59 Å². The van der Waals surface area contributed by atoms with Crippen LogP contribution in [0.5, 0.6) is 0 Å². The van der Waals surface area contributed by atoms with Gasteiger partial charge in [-0.1, -0.05) is 41.0 Å². The minimum atomic E-state index is -0.0738. The zero-order valence-electron chi connectivity index (χ0n) is 14.4. The summed E-state index contributed by atoms with van der Waals surface area (Å²) >= 11 is 13.7. The highest BCUT2D eigenvalue weighted by molar-refractivity contribution is 7.99. The largest absolute Gasteiger partial charge is 0.378 e. The molecule has 140 valence electrons. The van der Waals surface area contributed by atoms with Crippen LogP contribution in [0.15, 0.2) is 52.3 Å². The third-order valence-electron chi connectivity index (χ3n) is 4.01. The molecule has 0 unspecified atom stereocenters. The molecule has 1 fully saturated rings. The van der Waals surface area contributed by atoms with Crippen molar-refractivity contribution in [2.45, 2.75) is 9.79 Å². The van der Waals surface area contributed by atoms with Gasteiger partial charge in [0.15, 0.2) is 0 Å². The number of ether oxygens (including phenoxy) is 1. The highest BCUT2D eigenvalue weighted by Gasteiger charge is 2.14. The maximum Gasteiger partial charge on any atom is 0.246 e. The van der Waals surface area contributed by atoms with Crippen molar-refractivity contribution in [2.75, 3.05) is 26.3 Å². The zero-order valence-corrected chi connectivity index (χ0v) is 16.7. The number of hydrogen-bond acceptors (Lipinski definition) is 4. The second kappa shape index (κ2) is 9.42. The molecule has 1 aliphatic heterocycles. The van der Waals surface area contributed by atoms with E-state index in [4.69, 9.17) is 27.9 Å². The first-order chi connectivity index (χ1) is 13.1. The number of morpholine rings is 1. The minimum Gasteiger partial charge on any atom is -0.378 e. The lowest BCUT2D eigenvalue weighted by molar-refractivity contribution is -0.129. The smallest absolute Gasteiger partial charge is 0.246 e. The molecule has 27 heavy (non-hydrogen) atoms. The molecule has 0 bridgehead atoms. The summed E-state index contributed by atoms with van der Waals surface area (Å²) in [6.07, 6.45) is 4.05. The van der Waals surface area contributed by atoms with Crippen LogP contribution < -0.4 is 0 Å². The molecule has 2 aromatic carbocycles. The normalized spacial score (nSPS) is 14.5. The molecule has 1 amide bonds. The van der Waals surface area contributed by atoms with Crippen molar-refractivity contribution in [3.63, 3.8) is 0 Å². The summed E-state index contributed by atoms with van der Waals surface area (Å²) in [5, 5.41) is 1.11. The van der Waals surface area contributed by atoms with Gasteiger partial charge in [-0.2, -0.15) is 0 Å². The molecule has 1 aliphatic rings. The van der Waals surface area contributed by atoms with Crippen molar-refractivity contribution in [3.05, 3.63) is 63.6 Å². The number of nitrogens with zero attached hydrogens (tertiary/aromatic N) is 1. The van der Waals surface area contributed by atoms with E-state index in [-0.39, 0.29) is 5.91 Å². The Labute approximate surface area is 172 Å². The average molecular weight is 422 g/mol. The Kier molecular flexibility index (Phi) is 6.96. The van der Waals surface area contributed by atoms with Crippen molar-refractivity contribution in [3.8, 4) is 0 Å². The van der Waals surface area contributed by atoms with Crippen molar-refractivity contribution in [2.24, 2.45) is 0 Å². The molecule has 0 N–H and O–H groups in total. The quantitative estimate of drug-likeness (QED) is 0.512. The molecule has 7 heteroatoms. The van der Waals surface area contributed by atoms with Gasteiger partial charge in [0, 0.05) is 39.5 Å². The Balaban J connectivity index is 1.85. The molecule has 0 aromatic heterocycles. The average Bonchev–Trinajstić information content (AvgIpc) is 2.69. The van der Waals surface area contributed by atoms with Crippen LogP contribution in [0.1, 0.15) is 15.9 Å². The van der Waals surface area contributed by atoms with Crippen LogP contribution in [0.3, 0.4) is 0 Å². The Hall–Kier alpha value is -1.79. The van der Waals surface area contributed by atoms with E-state index >= 15 is 0 Å². The van der Waals surface area contributed by atoms with E-state index in [2.05, 4.69) is 0 Å². The van der Waals surface area contributed by atoms with E-state index in [9.17, 15) is 9.59 Å². The van der Waals surface area contributed by atoms with Crippen LogP contribution in [-0.4, -0.2) is 43.4 Å². The highest BCUT2D eigenvalue weighted by atomic mass is 35.5. The number of aldehydes is 1. The summed E-state index contributed by atoms with van der Waals surface area (Å²) in [6.45, 7) is 2.27. The summed E-state index contributed by atoms with van der Waals surface area (Å²) < 4.78 is 5.27. The Morgan fingerprint density at radius 1 is 1.07 bits per heavy atom. The summed E-state index contributed by atoms with van der Waals surface area (Å²) in [5.41, 5.74) is 1.32. The van der Waals surface area contributed by atoms with Gasteiger partial charge in [0.2, 0.25) is 5.91 Å². The van der Waals surface area contributed by atoms with Crippen molar-refractivity contribution >= 4 is 53.2 Å². The summed E-state index contributed by atoms with van der Waals surface area (Å²) in [4.78, 5) is 27.0. The number of carbonyl (C=O) groups is 2. The second-order valence-electron chi connectivity index (χ2n) is 5.86. The standard InChI is InChI=1S/C20H17Cl2NO3S/c21-16-3-5-19(17(22)12-16)27-18-4-1-14(13-24)11-15(18)2-6-20(25)23-7-9-26-10-8-23/h1-6,11-13H,7-10H2/b6-2+. The van der Waals surface area contributed by atoms with Gasteiger partial charge in [0.05, 0.1) is 18.2 Å². The molecule has 0 spiro atoms. The topological polar surface area (TPSA) is 46.6 Å². The highest BCUT2D eigenvalue weighted by Crippen LogP contribution is 2.37. The molecular formula is C20H17Cl2NO3S. The lowest BCUT2D eigenvalue weighted by Gasteiger charge is -2.25. The van der Waals surface area contributed by atoms with E-state index in [0.29, 0.717) is 41.9 Å². The van der Waals surface area contributed by atoms with Gasteiger partial charge < -0.3 is 9.64 Å². The molecule has 0 radical (unpaired) electrons. The van der Waals surface area contributed by atoms with Gasteiger partial charge >= 0.3 is 0 Å². The number of rotatable bonds is 5. The van der Waals surface area contributed by atoms with Crippen LogP contribution in [0.25, 0.3) is 6.08 Å². The summed E-state index contributed by atoms with van der Waals surface area (Å²) in [7, 11) is 0. The molecule has 0 saturated carbocycles.